The number of unbranched alkanes of at least 4 members (excludes halogenated alkanes) is 51. The Hall–Kier alpha value is -2.06. The van der Waals surface area contributed by atoms with Crippen LogP contribution in [0.4, 0.5) is 0 Å². The summed E-state index contributed by atoms with van der Waals surface area (Å²) in [5.74, 6) is -0.189. The van der Waals surface area contributed by atoms with Crippen LogP contribution in [0.1, 0.15) is 393 Å². The number of aliphatic hydroxyl groups is 1. The molecule has 0 aromatic rings. The molecule has 9 heteroatoms. The number of nitrogens with one attached hydrogen (secondary N) is 1. The second-order valence-electron chi connectivity index (χ2n) is 28.4. The van der Waals surface area contributed by atoms with Crippen molar-refractivity contribution in [1.29, 1.82) is 0 Å². The summed E-state index contributed by atoms with van der Waals surface area (Å²) in [4.78, 5) is 25.7. The third-order valence-corrected chi connectivity index (χ3v) is 19.1. The lowest BCUT2D eigenvalue weighted by molar-refractivity contribution is -0.870. The first-order chi connectivity index (χ1) is 44.5. The highest BCUT2D eigenvalue weighted by atomic mass is 31.2. The molecule has 1 amide bonds. The maximum absolute atomic E-state index is 13.1. The molecule has 0 radical (unpaired) electrons. The molecule has 3 unspecified atom stereocenters. The van der Waals surface area contributed by atoms with E-state index in [1.807, 2.05) is 27.2 Å². The maximum Gasteiger partial charge on any atom is 0.268 e. The SMILES string of the molecule is CC/C=C\C/C=C\C/C=C\C/C=C\C/C=C\CCCCCCCCCCCCCCCCCCCCCCCCCCCC(=O)NC(COP(=O)([O-])OCC[N+](C)(C)C)C(O)/C=C/CCCCCCCCCCCCCCCCCCCCCCCCCCCC. The van der Waals surface area contributed by atoms with Crippen LogP contribution in [0.25, 0.3) is 0 Å². The molecule has 0 saturated heterocycles. The number of likely N-dealkylation sites (N-methyl/N-ethyl adjacent to an activating group) is 1. The van der Waals surface area contributed by atoms with E-state index in [2.05, 4.69) is 79.9 Å². The molecule has 0 saturated carbocycles. The molecule has 91 heavy (non-hydrogen) atoms. The third kappa shape index (κ3) is 75.2. The van der Waals surface area contributed by atoms with Gasteiger partial charge in [0.05, 0.1) is 39.9 Å². The first-order valence-electron chi connectivity index (χ1n) is 39.8. The molecule has 0 aromatic carbocycles. The smallest absolute Gasteiger partial charge is 0.268 e. The Labute approximate surface area is 567 Å². The molecule has 534 valence electrons. The Morgan fingerprint density at radius 1 is 0.396 bits per heavy atom. The number of hydrogen-bond donors (Lipinski definition) is 2. The van der Waals surface area contributed by atoms with Crippen molar-refractivity contribution < 1.29 is 32.9 Å². The number of aliphatic hydroxyl groups excluding tert-OH is 1. The van der Waals surface area contributed by atoms with Crippen molar-refractivity contribution in [2.45, 2.75) is 405 Å². The normalized spacial score (nSPS) is 13.9. The van der Waals surface area contributed by atoms with E-state index in [4.69, 9.17) is 9.05 Å². The van der Waals surface area contributed by atoms with Crippen LogP contribution in [0.3, 0.4) is 0 Å². The molecule has 0 spiro atoms. The molecule has 0 fully saturated rings. The van der Waals surface area contributed by atoms with Gasteiger partial charge in [-0.15, -0.1) is 0 Å². The highest BCUT2D eigenvalue weighted by Gasteiger charge is 2.23. The zero-order valence-corrected chi connectivity index (χ0v) is 62.2. The first-order valence-corrected chi connectivity index (χ1v) is 41.3. The summed E-state index contributed by atoms with van der Waals surface area (Å²) >= 11 is 0. The van der Waals surface area contributed by atoms with Gasteiger partial charge in [-0.1, -0.05) is 395 Å². The number of phosphoric ester groups is 1. The van der Waals surface area contributed by atoms with E-state index < -0.39 is 20.0 Å². The molecule has 2 N–H and O–H groups in total. The van der Waals surface area contributed by atoms with Gasteiger partial charge in [0.25, 0.3) is 7.82 Å². The fourth-order valence-electron chi connectivity index (χ4n) is 12.1. The van der Waals surface area contributed by atoms with Gasteiger partial charge < -0.3 is 28.8 Å². The lowest BCUT2D eigenvalue weighted by atomic mass is 10.0. The van der Waals surface area contributed by atoms with Crippen LogP contribution in [0, 0.1) is 0 Å². The Kier molecular flexibility index (Phi) is 70.6. The van der Waals surface area contributed by atoms with E-state index in [0.717, 1.165) is 70.6 Å². The Morgan fingerprint density at radius 2 is 0.670 bits per heavy atom. The number of quaternary nitrogens is 1. The summed E-state index contributed by atoms with van der Waals surface area (Å²) in [7, 11) is 1.28. The maximum atomic E-state index is 13.1. The highest BCUT2D eigenvalue weighted by Crippen LogP contribution is 2.38. The van der Waals surface area contributed by atoms with Gasteiger partial charge in [0, 0.05) is 6.42 Å². The fourth-order valence-corrected chi connectivity index (χ4v) is 12.8. The van der Waals surface area contributed by atoms with Gasteiger partial charge in [-0.2, -0.15) is 0 Å². The number of hydrogen-bond acceptors (Lipinski definition) is 6. The van der Waals surface area contributed by atoms with Crippen molar-refractivity contribution in [1.82, 2.24) is 5.32 Å². The predicted molar refractivity (Wildman–Crippen MR) is 399 cm³/mol. The molecular formula is C82H155N2O6P. The molecule has 0 aliphatic rings. The van der Waals surface area contributed by atoms with Gasteiger partial charge in [0.1, 0.15) is 13.2 Å². The summed E-state index contributed by atoms with van der Waals surface area (Å²) in [5, 5.41) is 14.0. The lowest BCUT2D eigenvalue weighted by Crippen LogP contribution is -2.45. The summed E-state index contributed by atoms with van der Waals surface area (Å²) < 4.78 is 23.5. The van der Waals surface area contributed by atoms with E-state index in [0.29, 0.717) is 17.4 Å². The van der Waals surface area contributed by atoms with E-state index in [1.54, 1.807) is 6.08 Å². The van der Waals surface area contributed by atoms with Gasteiger partial charge in [0.2, 0.25) is 5.91 Å². The van der Waals surface area contributed by atoms with E-state index in [-0.39, 0.29) is 19.1 Å². The minimum absolute atomic E-state index is 0.000318. The van der Waals surface area contributed by atoms with Crippen molar-refractivity contribution in [3.05, 3.63) is 72.9 Å². The zero-order chi connectivity index (χ0) is 66.2. The largest absolute Gasteiger partial charge is 0.756 e. The average Bonchev–Trinajstić information content (AvgIpc) is 3.59. The summed E-state index contributed by atoms with van der Waals surface area (Å²) in [5.41, 5.74) is 0. The molecule has 3 atom stereocenters. The number of carbonyl (C=O) groups excluding carboxylic acids is 1. The predicted octanol–water partition coefficient (Wildman–Crippen LogP) is 25.4. The highest BCUT2D eigenvalue weighted by molar-refractivity contribution is 7.45. The van der Waals surface area contributed by atoms with Gasteiger partial charge in [-0.05, 0) is 64.2 Å². The number of allylic oxidation sites excluding steroid dienone is 11. The second-order valence-corrected chi connectivity index (χ2v) is 29.8. The number of amides is 1. The van der Waals surface area contributed by atoms with Crippen molar-refractivity contribution in [2.24, 2.45) is 0 Å². The van der Waals surface area contributed by atoms with Crippen molar-refractivity contribution in [2.75, 3.05) is 40.9 Å². The van der Waals surface area contributed by atoms with Crippen molar-refractivity contribution >= 4 is 13.7 Å². The van der Waals surface area contributed by atoms with E-state index in [9.17, 15) is 19.4 Å². The van der Waals surface area contributed by atoms with Gasteiger partial charge in [-0.3, -0.25) is 9.36 Å². The standard InChI is InChI=1S/C82H155N2O6P/c1-6-8-10-12-14-16-18-20-22-24-26-28-30-32-34-36-37-38-39-40-41-42-43-44-45-46-47-48-50-52-54-56-58-60-62-64-66-68-70-72-74-76-82(86)83-80(79-90-91(87,88)89-78-77-84(3,4)5)81(85)75-73-71-69-67-65-63-61-59-57-55-53-51-49-35-33-31-29-27-25-23-21-19-17-15-13-11-9-7-2/h8,10,14,16,20,22,26,28,32,34,73,75,80-81,85H,6-7,9,11-13,15,17-19,21,23-25,27,29-31,33,35-72,74,76-79H2,1-5H3,(H-,83,86,87,88)/b10-8-,16-14-,22-20-,28-26-,34-32-,75-73+. The molecule has 0 aliphatic carbocycles. The molecule has 0 aliphatic heterocycles. The minimum atomic E-state index is -4.61. The van der Waals surface area contributed by atoms with Crippen LogP contribution in [0.2, 0.25) is 0 Å². The lowest BCUT2D eigenvalue weighted by Gasteiger charge is -2.29. The first kappa shape index (κ1) is 88.9. The second kappa shape index (κ2) is 72.2. The Morgan fingerprint density at radius 3 is 0.978 bits per heavy atom. The van der Waals surface area contributed by atoms with Crippen LogP contribution >= 0.6 is 7.82 Å². The Bertz CT molecular complexity index is 1720. The van der Waals surface area contributed by atoms with Crippen LogP contribution < -0.4 is 10.2 Å². The summed E-state index contributed by atoms with van der Waals surface area (Å²) in [6.07, 6.45) is 102. The summed E-state index contributed by atoms with van der Waals surface area (Å²) in [6.45, 7) is 4.59. The van der Waals surface area contributed by atoms with Crippen molar-refractivity contribution in [3.63, 3.8) is 0 Å². The quantitative estimate of drug-likeness (QED) is 0.0272. The monoisotopic (exact) mass is 1300 g/mol. The van der Waals surface area contributed by atoms with Gasteiger partial charge >= 0.3 is 0 Å². The van der Waals surface area contributed by atoms with Crippen LogP contribution in [0.5, 0.6) is 0 Å². The zero-order valence-electron chi connectivity index (χ0n) is 61.3. The van der Waals surface area contributed by atoms with E-state index >= 15 is 0 Å². The van der Waals surface area contributed by atoms with Gasteiger partial charge in [-0.25, -0.2) is 0 Å². The summed E-state index contributed by atoms with van der Waals surface area (Å²) in [6, 6.07) is -0.888. The van der Waals surface area contributed by atoms with Crippen LogP contribution in [-0.4, -0.2) is 68.5 Å². The molecular weight excluding hydrogens is 1140 g/mol. The number of rotatable bonds is 74. The van der Waals surface area contributed by atoms with Crippen LogP contribution in [0.15, 0.2) is 72.9 Å². The third-order valence-electron chi connectivity index (χ3n) is 18.2. The Balaban J connectivity index is 3.93. The minimum Gasteiger partial charge on any atom is -0.756 e. The molecule has 0 heterocycles. The molecule has 0 rings (SSSR count). The van der Waals surface area contributed by atoms with E-state index in [1.165, 1.54) is 302 Å². The number of carbonyl (C=O) groups is 1. The molecule has 8 nitrogen and oxygen atoms in total. The average molecular weight is 1300 g/mol. The topological polar surface area (TPSA) is 108 Å². The van der Waals surface area contributed by atoms with Crippen molar-refractivity contribution in [3.8, 4) is 0 Å². The molecule has 0 aromatic heterocycles. The van der Waals surface area contributed by atoms with Crippen LogP contribution in [-0.2, 0) is 18.4 Å². The fraction of sp³-hybridized carbons (Fsp3) is 0.841. The molecule has 0 bridgehead atoms. The van der Waals surface area contributed by atoms with Gasteiger partial charge in [0.15, 0.2) is 0 Å². The number of phosphoric acid groups is 1. The number of nitrogens with zero attached hydrogens (tertiary/aromatic N) is 1.